The summed E-state index contributed by atoms with van der Waals surface area (Å²) in [5, 5.41) is 4.08. The summed E-state index contributed by atoms with van der Waals surface area (Å²) in [4.78, 5) is 2.50. The number of rotatable bonds is 1. The normalized spacial score (nSPS) is 10.2. The lowest BCUT2D eigenvalue weighted by molar-refractivity contribution is 0.767. The number of nitrogens with zero attached hydrogens (tertiary/aromatic N) is 2. The fraction of sp³-hybridized carbons (Fsp3) is 0.308. The molecule has 0 saturated carbocycles. The quantitative estimate of drug-likeness (QED) is 0.689. The minimum atomic E-state index is 0.582. The Labute approximate surface area is 99.9 Å². The van der Waals surface area contributed by atoms with E-state index in [-0.39, 0.29) is 0 Å². The van der Waals surface area contributed by atoms with Gasteiger partial charge in [-0.15, -0.1) is 11.3 Å². The lowest BCUT2D eigenvalue weighted by Gasteiger charge is -1.96. The van der Waals surface area contributed by atoms with Crippen LogP contribution in [0.1, 0.15) is 35.1 Å². The van der Waals surface area contributed by atoms with Gasteiger partial charge in [0.05, 0.1) is 16.6 Å². The molecule has 0 N–H and O–H groups in total. The van der Waals surface area contributed by atoms with Crippen LogP contribution in [0.3, 0.4) is 0 Å². The Morgan fingerprint density at radius 2 is 2.12 bits per heavy atom. The summed E-state index contributed by atoms with van der Waals surface area (Å²) in [7, 11) is 1.90. The summed E-state index contributed by atoms with van der Waals surface area (Å²) < 4.78 is 1.76. The number of hydrogen-bond acceptors (Lipinski definition) is 2. The van der Waals surface area contributed by atoms with E-state index in [0.29, 0.717) is 5.92 Å². The molecule has 0 aromatic carbocycles. The van der Waals surface area contributed by atoms with Crippen LogP contribution in [0.5, 0.6) is 0 Å². The van der Waals surface area contributed by atoms with E-state index in [0.717, 1.165) is 10.4 Å². The Kier molecular flexibility index (Phi) is 3.12. The number of hydrogen-bond donors (Lipinski definition) is 0. The number of aromatic nitrogens is 2. The fourth-order valence-electron chi connectivity index (χ4n) is 1.35. The van der Waals surface area contributed by atoms with Gasteiger partial charge in [-0.3, -0.25) is 4.68 Å². The first-order valence-electron chi connectivity index (χ1n) is 5.25. The lowest BCUT2D eigenvalue weighted by atomic mass is 10.2. The molecule has 2 nitrogen and oxygen atoms in total. The molecule has 82 valence electrons. The van der Waals surface area contributed by atoms with E-state index in [9.17, 15) is 0 Å². The summed E-state index contributed by atoms with van der Waals surface area (Å²) in [6.45, 7) is 4.40. The highest BCUT2D eigenvalue weighted by Gasteiger charge is 2.01. The second-order valence-corrected chi connectivity index (χ2v) is 5.12. The smallest absolute Gasteiger partial charge is 0.0775 e. The molecule has 2 heterocycles. The van der Waals surface area contributed by atoms with Gasteiger partial charge >= 0.3 is 0 Å². The molecule has 0 aliphatic carbocycles. The summed E-state index contributed by atoms with van der Waals surface area (Å²) in [6.07, 6.45) is 3.70. The van der Waals surface area contributed by atoms with E-state index in [1.807, 2.05) is 13.2 Å². The molecule has 0 unspecified atom stereocenters. The van der Waals surface area contributed by atoms with Crippen molar-refractivity contribution in [2.45, 2.75) is 19.8 Å². The van der Waals surface area contributed by atoms with Crippen molar-refractivity contribution in [1.29, 1.82) is 0 Å². The van der Waals surface area contributed by atoms with Gasteiger partial charge in [-0.1, -0.05) is 25.7 Å². The minimum Gasteiger partial charge on any atom is -0.275 e. The Morgan fingerprint density at radius 3 is 2.69 bits per heavy atom. The van der Waals surface area contributed by atoms with Gasteiger partial charge in [-0.05, 0) is 18.1 Å². The molecule has 0 aliphatic rings. The SMILES string of the molecule is CC(C)c1ccc(C#Cc2cnn(C)c2)s1. The van der Waals surface area contributed by atoms with E-state index in [2.05, 4.69) is 42.9 Å². The van der Waals surface area contributed by atoms with Crippen molar-refractivity contribution in [3.8, 4) is 11.8 Å². The lowest BCUT2D eigenvalue weighted by Crippen LogP contribution is -1.83. The standard InChI is InChI=1S/C13H14N2S/c1-10(2)13-7-6-12(16-13)5-4-11-8-14-15(3)9-11/h6-10H,1-3H3. The van der Waals surface area contributed by atoms with Crippen LogP contribution in [-0.4, -0.2) is 9.78 Å². The highest BCUT2D eigenvalue weighted by Crippen LogP contribution is 2.23. The zero-order chi connectivity index (χ0) is 11.5. The van der Waals surface area contributed by atoms with E-state index in [1.165, 1.54) is 4.88 Å². The molecule has 0 saturated heterocycles. The fourth-order valence-corrected chi connectivity index (χ4v) is 2.21. The van der Waals surface area contributed by atoms with Crippen LogP contribution in [-0.2, 0) is 7.05 Å². The molecule has 0 fully saturated rings. The topological polar surface area (TPSA) is 17.8 Å². The average Bonchev–Trinajstić information content (AvgIpc) is 2.83. The van der Waals surface area contributed by atoms with Gasteiger partial charge < -0.3 is 0 Å². The van der Waals surface area contributed by atoms with Gasteiger partial charge in [0.1, 0.15) is 0 Å². The van der Waals surface area contributed by atoms with Crippen molar-refractivity contribution in [3.05, 3.63) is 39.8 Å². The Bertz CT molecular complexity index is 538. The molecule has 0 aliphatic heterocycles. The first-order chi connectivity index (χ1) is 7.65. The highest BCUT2D eigenvalue weighted by atomic mass is 32.1. The predicted octanol–water partition coefficient (Wildman–Crippen LogP) is 3.00. The third-order valence-corrected chi connectivity index (χ3v) is 3.53. The van der Waals surface area contributed by atoms with E-state index >= 15 is 0 Å². The van der Waals surface area contributed by atoms with Crippen molar-refractivity contribution < 1.29 is 0 Å². The van der Waals surface area contributed by atoms with Crippen molar-refractivity contribution in [3.63, 3.8) is 0 Å². The molecular formula is C13H14N2S. The van der Waals surface area contributed by atoms with Gasteiger partial charge in [-0.25, -0.2) is 0 Å². The molecular weight excluding hydrogens is 216 g/mol. The molecule has 0 radical (unpaired) electrons. The average molecular weight is 230 g/mol. The van der Waals surface area contributed by atoms with Crippen molar-refractivity contribution in [2.75, 3.05) is 0 Å². The third kappa shape index (κ3) is 2.53. The highest BCUT2D eigenvalue weighted by molar-refractivity contribution is 7.12. The Morgan fingerprint density at radius 1 is 1.31 bits per heavy atom. The summed E-state index contributed by atoms with van der Waals surface area (Å²) >= 11 is 1.77. The van der Waals surface area contributed by atoms with Gasteiger partial charge in [0.15, 0.2) is 0 Å². The zero-order valence-corrected chi connectivity index (χ0v) is 10.5. The maximum Gasteiger partial charge on any atom is 0.0775 e. The summed E-state index contributed by atoms with van der Waals surface area (Å²) in [5.41, 5.74) is 0.960. The van der Waals surface area contributed by atoms with Crippen molar-refractivity contribution in [2.24, 2.45) is 7.05 Å². The van der Waals surface area contributed by atoms with Crippen LogP contribution in [0.4, 0.5) is 0 Å². The van der Waals surface area contributed by atoms with Crippen LogP contribution < -0.4 is 0 Å². The Balaban J connectivity index is 2.17. The molecule has 0 amide bonds. The monoisotopic (exact) mass is 230 g/mol. The maximum absolute atomic E-state index is 4.08. The largest absolute Gasteiger partial charge is 0.275 e. The van der Waals surface area contributed by atoms with Crippen molar-refractivity contribution in [1.82, 2.24) is 9.78 Å². The zero-order valence-electron chi connectivity index (χ0n) is 9.69. The number of aryl methyl sites for hydroxylation is 1. The first-order valence-corrected chi connectivity index (χ1v) is 6.07. The summed E-state index contributed by atoms with van der Waals surface area (Å²) in [5.74, 6) is 6.86. The Hall–Kier alpha value is -1.53. The van der Waals surface area contributed by atoms with Crippen LogP contribution in [0.2, 0.25) is 0 Å². The molecule has 2 aromatic heterocycles. The van der Waals surface area contributed by atoms with Gasteiger partial charge in [0.25, 0.3) is 0 Å². The van der Waals surface area contributed by atoms with Gasteiger partial charge in [-0.2, -0.15) is 5.10 Å². The van der Waals surface area contributed by atoms with E-state index in [1.54, 1.807) is 22.2 Å². The van der Waals surface area contributed by atoms with Gasteiger partial charge in [0, 0.05) is 18.1 Å². The molecule has 0 atom stereocenters. The molecule has 0 spiro atoms. The second kappa shape index (κ2) is 4.54. The molecule has 16 heavy (non-hydrogen) atoms. The van der Waals surface area contributed by atoms with Crippen LogP contribution in [0.15, 0.2) is 24.5 Å². The van der Waals surface area contributed by atoms with Crippen LogP contribution >= 0.6 is 11.3 Å². The molecule has 2 aromatic rings. The van der Waals surface area contributed by atoms with Crippen LogP contribution in [0.25, 0.3) is 0 Å². The minimum absolute atomic E-state index is 0.582. The third-order valence-electron chi connectivity index (χ3n) is 2.23. The molecule has 2 rings (SSSR count). The molecule has 3 heteroatoms. The molecule has 0 bridgehead atoms. The maximum atomic E-state index is 4.08. The first kappa shape index (κ1) is 11.0. The predicted molar refractivity (Wildman–Crippen MR) is 67.6 cm³/mol. The van der Waals surface area contributed by atoms with Crippen LogP contribution in [0, 0.1) is 11.8 Å². The van der Waals surface area contributed by atoms with Crippen molar-refractivity contribution >= 4 is 11.3 Å². The van der Waals surface area contributed by atoms with E-state index in [4.69, 9.17) is 0 Å². The number of thiophene rings is 1. The second-order valence-electron chi connectivity index (χ2n) is 4.01. The van der Waals surface area contributed by atoms with E-state index < -0.39 is 0 Å². The van der Waals surface area contributed by atoms with Gasteiger partial charge in [0.2, 0.25) is 0 Å². The summed E-state index contributed by atoms with van der Waals surface area (Å²) in [6, 6.07) is 4.24.